The third kappa shape index (κ3) is 4.73. The van der Waals surface area contributed by atoms with Crippen molar-refractivity contribution < 1.29 is 28.4 Å². The summed E-state index contributed by atoms with van der Waals surface area (Å²) in [6.07, 6.45) is -2.13. The van der Waals surface area contributed by atoms with Gasteiger partial charge in [-0.25, -0.2) is 14.5 Å². The van der Waals surface area contributed by atoms with Gasteiger partial charge < -0.3 is 9.47 Å². The Balaban J connectivity index is 1.95. The van der Waals surface area contributed by atoms with Crippen molar-refractivity contribution in [1.82, 2.24) is 9.91 Å². The van der Waals surface area contributed by atoms with Gasteiger partial charge in [0.1, 0.15) is 0 Å². The van der Waals surface area contributed by atoms with Crippen LogP contribution < -0.4 is 0 Å². The van der Waals surface area contributed by atoms with Crippen molar-refractivity contribution in [3.8, 4) is 0 Å². The van der Waals surface area contributed by atoms with E-state index in [9.17, 15) is 14.4 Å². The molecule has 2 atom stereocenters. The van der Waals surface area contributed by atoms with Gasteiger partial charge in [-0.3, -0.25) is 0 Å². The quantitative estimate of drug-likeness (QED) is 0.436. The molecule has 3 aromatic rings. The molecule has 8 heteroatoms. The molecule has 0 N–H and O–H groups in total. The van der Waals surface area contributed by atoms with Crippen molar-refractivity contribution in [2.45, 2.75) is 26.6 Å². The zero-order valence-electron chi connectivity index (χ0n) is 20.4. The molecule has 1 heterocycles. The molecule has 2 unspecified atom stereocenters. The van der Waals surface area contributed by atoms with E-state index in [4.69, 9.17) is 9.47 Å². The highest BCUT2D eigenvalue weighted by Gasteiger charge is 2.64. The van der Waals surface area contributed by atoms with Crippen molar-refractivity contribution in [2.24, 2.45) is 0 Å². The molecule has 0 saturated carbocycles. The van der Waals surface area contributed by atoms with Gasteiger partial charge in [0.15, 0.2) is 12.8 Å². The summed E-state index contributed by atoms with van der Waals surface area (Å²) in [5.41, 5.74) is 1.95. The first kappa shape index (κ1) is 25.1. The molecule has 3 aromatic carbocycles. The number of hydrogen-bond donors (Lipinski definition) is 0. The van der Waals surface area contributed by atoms with Gasteiger partial charge in [0, 0.05) is 0 Å². The minimum Gasteiger partial charge on any atom is -0.450 e. The summed E-state index contributed by atoms with van der Waals surface area (Å²) in [4.78, 5) is 42.7. The molecular formula is C28H30N3O5+. The minimum atomic E-state index is -0.842. The van der Waals surface area contributed by atoms with E-state index in [1.807, 2.05) is 60.7 Å². The number of carbonyl (C=O) groups excluding carboxylic acids is 3. The number of rotatable bonds is 6. The molecule has 0 radical (unpaired) electrons. The summed E-state index contributed by atoms with van der Waals surface area (Å²) in [6.45, 7) is 3.58. The molecular weight excluding hydrogens is 458 g/mol. The second-order valence-electron chi connectivity index (χ2n) is 8.32. The molecule has 3 amide bonds. The van der Waals surface area contributed by atoms with Gasteiger partial charge in [-0.2, -0.15) is 4.79 Å². The fraction of sp³-hybridized carbons (Fsp3) is 0.250. The number of quaternary nitrogens is 1. The zero-order valence-corrected chi connectivity index (χ0v) is 20.4. The minimum absolute atomic E-state index is 0.0789. The van der Waals surface area contributed by atoms with Crippen LogP contribution in [0, 0.1) is 0 Å². The molecule has 4 rings (SSSR count). The van der Waals surface area contributed by atoms with Crippen molar-refractivity contribution in [1.29, 1.82) is 0 Å². The van der Waals surface area contributed by atoms with Crippen molar-refractivity contribution in [2.75, 3.05) is 19.9 Å². The van der Waals surface area contributed by atoms with Gasteiger partial charge >= 0.3 is 18.1 Å². The molecule has 0 aromatic heterocycles. The number of nitrogens with zero attached hydrogens (tertiary/aromatic N) is 3. The Morgan fingerprint density at radius 1 is 0.806 bits per heavy atom. The van der Waals surface area contributed by atoms with Crippen molar-refractivity contribution >= 4 is 18.1 Å². The Bertz CT molecular complexity index is 1190. The fourth-order valence-corrected chi connectivity index (χ4v) is 4.50. The smallest absolute Gasteiger partial charge is 0.450 e. The predicted molar refractivity (Wildman–Crippen MR) is 133 cm³/mol. The highest BCUT2D eigenvalue weighted by atomic mass is 16.6. The lowest BCUT2D eigenvalue weighted by Crippen LogP contribution is -2.63. The Kier molecular flexibility index (Phi) is 7.77. The molecule has 186 valence electrons. The average Bonchev–Trinajstić information content (AvgIpc) is 3.26. The third-order valence-electron chi connectivity index (χ3n) is 6.09. The summed E-state index contributed by atoms with van der Waals surface area (Å²) in [6, 6.07) is 27.4. The Morgan fingerprint density at radius 3 is 1.94 bits per heavy atom. The van der Waals surface area contributed by atoms with E-state index in [-0.39, 0.29) is 26.4 Å². The van der Waals surface area contributed by atoms with Crippen LogP contribution in [0.3, 0.4) is 0 Å². The number of amides is 3. The lowest BCUT2D eigenvalue weighted by Gasteiger charge is -2.35. The Labute approximate surface area is 210 Å². The summed E-state index contributed by atoms with van der Waals surface area (Å²) < 4.78 is 10.0. The standard InChI is InChI=1S/C28H30N3O5/c1-3-35-27(33)29-21-31(28(34)36-4-2,26(32)24-18-12-7-13-19-24)30(20-22-14-8-5-9-15-22)25(29)23-16-10-6-11-17-23/h5-19,25H,3-4,20-21H2,1-2H3/q+1. The van der Waals surface area contributed by atoms with Crippen molar-refractivity contribution in [3.63, 3.8) is 0 Å². The van der Waals surface area contributed by atoms with E-state index in [1.165, 1.54) is 4.90 Å². The average molecular weight is 489 g/mol. The highest BCUT2D eigenvalue weighted by Crippen LogP contribution is 2.42. The normalized spacial score (nSPS) is 19.6. The Hall–Kier alpha value is -4.01. The highest BCUT2D eigenvalue weighted by molar-refractivity contribution is 5.94. The van der Waals surface area contributed by atoms with Crippen LogP contribution in [0.2, 0.25) is 0 Å². The van der Waals surface area contributed by atoms with Crippen LogP contribution >= 0.6 is 0 Å². The van der Waals surface area contributed by atoms with Crippen LogP contribution in [0.1, 0.15) is 41.5 Å². The second-order valence-corrected chi connectivity index (χ2v) is 8.32. The molecule has 0 aliphatic carbocycles. The van der Waals surface area contributed by atoms with E-state index in [1.54, 1.807) is 49.2 Å². The van der Waals surface area contributed by atoms with E-state index < -0.39 is 28.9 Å². The zero-order chi connectivity index (χ0) is 25.5. The number of benzene rings is 3. The maximum atomic E-state index is 14.2. The number of ether oxygens (including phenoxy) is 2. The van der Waals surface area contributed by atoms with Crippen LogP contribution in [0.15, 0.2) is 91.0 Å². The molecule has 1 aliphatic heterocycles. The molecule has 0 bridgehead atoms. The van der Waals surface area contributed by atoms with E-state index >= 15 is 0 Å². The van der Waals surface area contributed by atoms with Crippen LogP contribution in [-0.2, 0) is 16.0 Å². The lowest BCUT2D eigenvalue weighted by molar-refractivity contribution is -0.892. The first-order valence-electron chi connectivity index (χ1n) is 12.0. The number of carbonyl (C=O) groups is 3. The molecule has 1 fully saturated rings. The topological polar surface area (TPSA) is 76.1 Å². The van der Waals surface area contributed by atoms with Crippen LogP contribution in [0.25, 0.3) is 0 Å². The molecule has 8 nitrogen and oxygen atoms in total. The lowest BCUT2D eigenvalue weighted by atomic mass is 10.1. The summed E-state index contributed by atoms with van der Waals surface area (Å²) in [7, 11) is 0. The van der Waals surface area contributed by atoms with Crippen LogP contribution in [0.5, 0.6) is 0 Å². The van der Waals surface area contributed by atoms with Gasteiger partial charge in [-0.15, -0.1) is 5.01 Å². The van der Waals surface area contributed by atoms with Crippen molar-refractivity contribution in [3.05, 3.63) is 108 Å². The van der Waals surface area contributed by atoms with E-state index in [0.717, 1.165) is 11.1 Å². The van der Waals surface area contributed by atoms with Gasteiger partial charge in [-0.05, 0) is 37.1 Å². The van der Waals surface area contributed by atoms with E-state index in [2.05, 4.69) is 0 Å². The Morgan fingerprint density at radius 2 is 1.36 bits per heavy atom. The van der Waals surface area contributed by atoms with Gasteiger partial charge in [0.2, 0.25) is 0 Å². The maximum Gasteiger partial charge on any atom is 0.545 e. The SMILES string of the molecule is CCOC(=O)N1C[N+](C(=O)OCC)(C(=O)c2ccccc2)N(Cc2ccccc2)C1c1ccccc1. The van der Waals surface area contributed by atoms with Gasteiger partial charge in [0.05, 0.1) is 25.3 Å². The van der Waals surface area contributed by atoms with Gasteiger partial charge in [0.25, 0.3) is 0 Å². The molecule has 36 heavy (non-hydrogen) atoms. The largest absolute Gasteiger partial charge is 0.545 e. The van der Waals surface area contributed by atoms with Gasteiger partial charge in [-0.1, -0.05) is 83.5 Å². The van der Waals surface area contributed by atoms with Crippen LogP contribution in [-0.4, -0.2) is 52.5 Å². The number of hydrogen-bond acceptors (Lipinski definition) is 6. The molecule has 1 saturated heterocycles. The summed E-state index contributed by atoms with van der Waals surface area (Å²) in [5, 5.41) is 1.72. The second kappa shape index (κ2) is 11.2. The maximum absolute atomic E-state index is 14.2. The first-order chi connectivity index (χ1) is 17.5. The van der Waals surface area contributed by atoms with Crippen LogP contribution in [0.4, 0.5) is 9.59 Å². The predicted octanol–water partition coefficient (Wildman–Crippen LogP) is 5.35. The third-order valence-corrected chi connectivity index (χ3v) is 6.09. The fourth-order valence-electron chi connectivity index (χ4n) is 4.50. The molecule has 0 spiro atoms. The first-order valence-corrected chi connectivity index (χ1v) is 12.0. The monoisotopic (exact) mass is 488 g/mol. The summed E-state index contributed by atoms with van der Waals surface area (Å²) in [5.74, 6) is -0.488. The number of imide groups is 1. The molecule has 1 aliphatic rings. The van der Waals surface area contributed by atoms with E-state index in [0.29, 0.717) is 5.56 Å². The summed E-state index contributed by atoms with van der Waals surface area (Å²) >= 11 is 0.